The maximum atomic E-state index is 12.6. The highest BCUT2D eigenvalue weighted by Crippen LogP contribution is 2.31. The molecule has 0 radical (unpaired) electrons. The monoisotopic (exact) mass is 412 g/mol. The van der Waals surface area contributed by atoms with Gasteiger partial charge in [-0.2, -0.15) is 0 Å². The van der Waals surface area contributed by atoms with Crippen LogP contribution in [0.25, 0.3) is 11.4 Å². The van der Waals surface area contributed by atoms with Crippen molar-refractivity contribution in [2.24, 2.45) is 10.2 Å². The van der Waals surface area contributed by atoms with E-state index in [2.05, 4.69) is 10.2 Å². The van der Waals surface area contributed by atoms with Gasteiger partial charge in [-0.3, -0.25) is 0 Å². The van der Waals surface area contributed by atoms with Crippen LogP contribution in [0.15, 0.2) is 124 Å². The number of ether oxygens (including phenoxy) is 1. The second kappa shape index (κ2) is 9.16. The zero-order valence-electron chi connectivity index (χ0n) is 15.9. The Morgan fingerprint density at radius 1 is 0.667 bits per heavy atom. The summed E-state index contributed by atoms with van der Waals surface area (Å²) >= 11 is 6.48. The first-order valence-electron chi connectivity index (χ1n) is 9.34. The van der Waals surface area contributed by atoms with Crippen LogP contribution in [0.4, 0.5) is 0 Å². The Morgan fingerprint density at radius 3 is 1.77 bits per heavy atom. The number of halogens is 1. The van der Waals surface area contributed by atoms with Crippen molar-refractivity contribution in [2.75, 3.05) is 0 Å². The predicted molar refractivity (Wildman–Crippen MR) is 118 cm³/mol. The standard InChI is InChI=1S/C25H17ClN2O2/c26-21-16-17-22(30-25(29)20-14-8-3-9-15-20)24(19-12-6-2-7-13-19)28-27-23(21)18-10-4-1-5-11-18/h1-17H/b17-16-,21-16?,22-17?,23-21+,24-22+,27-23?,28-24?,28-27-. The number of carbonyl (C=O) groups is 1. The number of hydrogen-bond donors (Lipinski definition) is 0. The van der Waals surface area contributed by atoms with E-state index in [1.165, 1.54) is 0 Å². The molecule has 5 heteroatoms. The first kappa shape index (κ1) is 19.6. The molecule has 0 saturated carbocycles. The molecule has 0 spiro atoms. The normalized spacial score (nSPS) is 20.7. The van der Waals surface area contributed by atoms with Gasteiger partial charge in [-0.05, 0) is 24.3 Å². The fraction of sp³-hybridized carbons (Fsp3) is 0. The molecular formula is C25H17ClN2O2. The van der Waals surface area contributed by atoms with E-state index in [0.29, 0.717) is 22.0 Å². The summed E-state index contributed by atoms with van der Waals surface area (Å²) in [6, 6.07) is 27.8. The number of nitrogens with zero attached hydrogens (tertiary/aromatic N) is 2. The fourth-order valence-electron chi connectivity index (χ4n) is 2.91. The van der Waals surface area contributed by atoms with Crippen molar-refractivity contribution >= 4 is 29.0 Å². The molecule has 0 N–H and O–H groups in total. The lowest BCUT2D eigenvalue weighted by Gasteiger charge is -2.12. The first-order valence-corrected chi connectivity index (χ1v) is 9.72. The molecule has 0 saturated heterocycles. The van der Waals surface area contributed by atoms with Gasteiger partial charge in [-0.25, -0.2) is 4.79 Å². The molecule has 4 nitrogen and oxygen atoms in total. The molecule has 1 heterocycles. The molecule has 3 aromatic rings. The number of benzene rings is 3. The Bertz CT molecular complexity index is 1170. The molecule has 4 rings (SSSR count). The Balaban J connectivity index is 1.77. The highest BCUT2D eigenvalue weighted by atomic mass is 35.5. The van der Waals surface area contributed by atoms with Crippen LogP contribution in [0.2, 0.25) is 0 Å². The van der Waals surface area contributed by atoms with Gasteiger partial charge in [0.25, 0.3) is 0 Å². The minimum atomic E-state index is -0.483. The Morgan fingerprint density at radius 2 is 1.17 bits per heavy atom. The van der Waals surface area contributed by atoms with Crippen LogP contribution in [0.5, 0.6) is 0 Å². The molecule has 0 bridgehead atoms. The maximum absolute atomic E-state index is 12.6. The summed E-state index contributed by atoms with van der Waals surface area (Å²) in [6.07, 6.45) is 3.31. The molecule has 3 aromatic carbocycles. The van der Waals surface area contributed by atoms with Crippen LogP contribution in [-0.4, -0.2) is 5.97 Å². The molecule has 0 unspecified atom stereocenters. The van der Waals surface area contributed by atoms with Gasteiger partial charge in [0.1, 0.15) is 11.4 Å². The molecule has 0 aromatic heterocycles. The molecule has 0 fully saturated rings. The van der Waals surface area contributed by atoms with E-state index >= 15 is 0 Å². The summed E-state index contributed by atoms with van der Waals surface area (Å²) in [5.74, 6) is -0.216. The van der Waals surface area contributed by atoms with Gasteiger partial charge in [0.05, 0.1) is 10.6 Å². The van der Waals surface area contributed by atoms with Gasteiger partial charge in [0.15, 0.2) is 5.76 Å². The summed E-state index contributed by atoms with van der Waals surface area (Å²) in [7, 11) is 0. The second-order valence-electron chi connectivity index (χ2n) is 6.43. The third-order valence-corrected chi connectivity index (χ3v) is 4.70. The molecular weight excluding hydrogens is 396 g/mol. The number of esters is 1. The van der Waals surface area contributed by atoms with Crippen molar-refractivity contribution in [1.29, 1.82) is 0 Å². The summed E-state index contributed by atoms with van der Waals surface area (Å²) in [6.45, 7) is 0. The second-order valence-corrected chi connectivity index (χ2v) is 6.84. The van der Waals surface area contributed by atoms with Crippen molar-refractivity contribution in [1.82, 2.24) is 0 Å². The zero-order valence-corrected chi connectivity index (χ0v) is 16.7. The van der Waals surface area contributed by atoms with Crippen LogP contribution in [0.1, 0.15) is 21.5 Å². The number of hydrogen-bond acceptors (Lipinski definition) is 4. The predicted octanol–water partition coefficient (Wildman–Crippen LogP) is 6.84. The van der Waals surface area contributed by atoms with Gasteiger partial charge < -0.3 is 4.74 Å². The van der Waals surface area contributed by atoms with E-state index in [-0.39, 0.29) is 5.76 Å². The van der Waals surface area contributed by atoms with Crippen molar-refractivity contribution in [2.45, 2.75) is 0 Å². The molecule has 146 valence electrons. The third kappa shape index (κ3) is 4.45. The lowest BCUT2D eigenvalue weighted by molar-refractivity contribution is 0.0638. The Labute approximate surface area is 179 Å². The highest BCUT2D eigenvalue weighted by molar-refractivity contribution is 6.34. The number of rotatable bonds is 4. The summed E-state index contributed by atoms with van der Waals surface area (Å²) in [4.78, 5) is 12.6. The topological polar surface area (TPSA) is 51.0 Å². The first-order chi connectivity index (χ1) is 14.7. The van der Waals surface area contributed by atoms with Crippen molar-refractivity contribution < 1.29 is 9.53 Å². The van der Waals surface area contributed by atoms with Gasteiger partial charge >= 0.3 is 5.97 Å². The lowest BCUT2D eigenvalue weighted by Crippen LogP contribution is -2.06. The van der Waals surface area contributed by atoms with E-state index in [1.807, 2.05) is 66.7 Å². The van der Waals surface area contributed by atoms with Crippen molar-refractivity contribution in [3.8, 4) is 0 Å². The van der Waals surface area contributed by atoms with Crippen molar-refractivity contribution in [3.05, 3.63) is 131 Å². The van der Waals surface area contributed by atoms with Crippen LogP contribution >= 0.6 is 11.6 Å². The van der Waals surface area contributed by atoms with Gasteiger partial charge in [-0.1, -0.05) is 90.5 Å². The van der Waals surface area contributed by atoms with E-state index in [1.54, 1.807) is 36.4 Å². The summed E-state index contributed by atoms with van der Waals surface area (Å²) in [5.41, 5.74) is 3.03. The molecule has 30 heavy (non-hydrogen) atoms. The van der Waals surface area contributed by atoms with Gasteiger partial charge in [0, 0.05) is 11.1 Å². The molecule has 1 aliphatic heterocycles. The smallest absolute Gasteiger partial charge is 0.343 e. The summed E-state index contributed by atoms with van der Waals surface area (Å²) < 4.78 is 5.69. The molecule has 0 atom stereocenters. The third-order valence-electron chi connectivity index (χ3n) is 4.40. The minimum absolute atomic E-state index is 0.268. The van der Waals surface area contributed by atoms with Gasteiger partial charge in [0.2, 0.25) is 0 Å². The number of carbonyl (C=O) groups excluding carboxylic acids is 1. The van der Waals surface area contributed by atoms with E-state index in [9.17, 15) is 4.79 Å². The maximum Gasteiger partial charge on any atom is 0.343 e. The van der Waals surface area contributed by atoms with Crippen LogP contribution in [0, 0.1) is 0 Å². The average molecular weight is 413 g/mol. The van der Waals surface area contributed by atoms with Crippen molar-refractivity contribution in [3.63, 3.8) is 0 Å². The molecule has 0 amide bonds. The van der Waals surface area contributed by atoms with Gasteiger partial charge in [-0.15, -0.1) is 10.2 Å². The lowest BCUT2D eigenvalue weighted by atomic mass is 10.1. The van der Waals surface area contributed by atoms with Crippen LogP contribution in [0.3, 0.4) is 0 Å². The fourth-order valence-corrected chi connectivity index (χ4v) is 3.12. The Hall–Kier alpha value is -3.76. The largest absolute Gasteiger partial charge is 0.421 e. The molecule has 1 aliphatic rings. The average Bonchev–Trinajstić information content (AvgIpc) is 2.80. The van der Waals surface area contributed by atoms with E-state index in [0.717, 1.165) is 11.1 Å². The van der Waals surface area contributed by atoms with E-state index in [4.69, 9.17) is 16.3 Å². The minimum Gasteiger partial charge on any atom is -0.421 e. The summed E-state index contributed by atoms with van der Waals surface area (Å²) in [5, 5.41) is 9.21. The molecule has 0 aliphatic carbocycles. The van der Waals surface area contributed by atoms with Crippen LogP contribution in [-0.2, 0) is 4.74 Å². The zero-order chi connectivity index (χ0) is 20.8. The quantitative estimate of drug-likeness (QED) is 0.440. The highest BCUT2D eigenvalue weighted by Gasteiger charge is 2.17. The van der Waals surface area contributed by atoms with Crippen LogP contribution < -0.4 is 0 Å². The number of azo groups is 1. The Kier molecular flexibility index (Phi) is 5.97. The number of allylic oxidation sites excluding steroid dienone is 3. The SMILES string of the molecule is O=C(OC1=C(c2ccccc2)/N=N\C(c2ccccc2)=C(Cl)/C=C\1)c1ccccc1. The van der Waals surface area contributed by atoms with E-state index < -0.39 is 5.97 Å².